The fourth-order valence-electron chi connectivity index (χ4n) is 4.36. The number of aliphatic hydroxyl groups excluding tert-OH is 1. The number of methoxy groups -OCH3 is 1. The van der Waals surface area contributed by atoms with Crippen molar-refractivity contribution in [2.45, 2.75) is 30.7 Å². The van der Waals surface area contributed by atoms with E-state index in [2.05, 4.69) is 14.6 Å². The predicted octanol–water partition coefficient (Wildman–Crippen LogP) is -1.39. The van der Waals surface area contributed by atoms with Gasteiger partial charge in [0.1, 0.15) is 12.1 Å². The molecule has 0 aliphatic carbocycles. The van der Waals surface area contributed by atoms with Crippen molar-refractivity contribution in [1.82, 2.24) is 19.7 Å². The summed E-state index contributed by atoms with van der Waals surface area (Å²) >= 11 is 0. The number of carbonyl (C=O) groups is 3. The van der Waals surface area contributed by atoms with E-state index in [1.54, 1.807) is 6.20 Å². The van der Waals surface area contributed by atoms with Gasteiger partial charge in [-0.05, 0) is 18.6 Å². The van der Waals surface area contributed by atoms with Crippen LogP contribution >= 0.6 is 0 Å². The van der Waals surface area contributed by atoms with Crippen molar-refractivity contribution in [1.29, 1.82) is 0 Å². The molecule has 2 amide bonds. The molecule has 0 bridgehead atoms. The first kappa shape index (κ1) is 18.0. The lowest BCUT2D eigenvalue weighted by Crippen LogP contribution is -2.81. The summed E-state index contributed by atoms with van der Waals surface area (Å²) in [4.78, 5) is 46.8. The number of piperazine rings is 1. The van der Waals surface area contributed by atoms with Crippen LogP contribution in [0.5, 0.6) is 0 Å². The van der Waals surface area contributed by atoms with Crippen LogP contribution in [0.15, 0.2) is 24.4 Å². The Kier molecular flexibility index (Phi) is 4.45. The van der Waals surface area contributed by atoms with Gasteiger partial charge in [-0.25, -0.2) is 0 Å². The maximum absolute atomic E-state index is 13.2. The third-order valence-electron chi connectivity index (χ3n) is 5.62. The molecule has 3 saturated heterocycles. The van der Waals surface area contributed by atoms with Crippen molar-refractivity contribution in [3.8, 4) is 0 Å². The lowest BCUT2D eigenvalue weighted by atomic mass is 9.82. The summed E-state index contributed by atoms with van der Waals surface area (Å²) in [6, 6.07) is 5.09. The number of imide groups is 1. The zero-order valence-corrected chi connectivity index (χ0v) is 15.1. The number of hydrogen-bond donors (Lipinski definition) is 1. The molecule has 9 heteroatoms. The first-order chi connectivity index (χ1) is 12.9. The van der Waals surface area contributed by atoms with Gasteiger partial charge in [0.05, 0.1) is 24.9 Å². The molecule has 2 atom stereocenters. The van der Waals surface area contributed by atoms with E-state index in [0.29, 0.717) is 19.6 Å². The number of amides is 2. The fourth-order valence-corrected chi connectivity index (χ4v) is 4.36. The highest BCUT2D eigenvalue weighted by Crippen LogP contribution is 2.40. The number of nitrogens with zero attached hydrogens (tertiary/aromatic N) is 4. The minimum absolute atomic E-state index is 0.270. The molecule has 1 aromatic heterocycles. The minimum atomic E-state index is -0.890. The molecule has 9 nitrogen and oxygen atoms in total. The van der Waals surface area contributed by atoms with Crippen LogP contribution in [-0.2, 0) is 25.7 Å². The molecule has 1 aromatic rings. The summed E-state index contributed by atoms with van der Waals surface area (Å²) < 4.78 is 4.64. The molecule has 4 rings (SSSR count). The number of likely N-dealkylation sites (tertiary alicyclic amines) is 1. The average Bonchev–Trinajstić information content (AvgIpc) is 3.03. The molecular formula is C18H22N4O5. The summed E-state index contributed by atoms with van der Waals surface area (Å²) in [7, 11) is 1.22. The second kappa shape index (κ2) is 6.66. The topological polar surface area (TPSA) is 103 Å². The van der Waals surface area contributed by atoms with Crippen molar-refractivity contribution >= 4 is 17.8 Å². The van der Waals surface area contributed by atoms with Gasteiger partial charge in [-0.3, -0.25) is 34.1 Å². The first-order valence-electron chi connectivity index (χ1n) is 8.94. The quantitative estimate of drug-likeness (QED) is 0.508. The van der Waals surface area contributed by atoms with E-state index >= 15 is 0 Å². The maximum atomic E-state index is 13.2. The maximum Gasteiger partial charge on any atom is 0.325 e. The zero-order chi connectivity index (χ0) is 19.2. The van der Waals surface area contributed by atoms with Gasteiger partial charge >= 0.3 is 5.97 Å². The number of aromatic nitrogens is 1. The van der Waals surface area contributed by atoms with Crippen LogP contribution in [0, 0.1) is 0 Å². The molecule has 0 aromatic carbocycles. The number of β-amino-alcohol motifs (C(OH)–C–C–N with tert-alkyl or cyclic N) is 1. The standard InChI is InChI=1S/C18H22N4O5/c1-27-15(24)9-21-16(25)14-6-13(23)8-22(14)18(17(21)26)10-20(11-18)7-12-4-2-3-5-19-12/h2-5,13-14,23H,6-11H2,1H3/t13-,14+/m1/s1. The highest BCUT2D eigenvalue weighted by molar-refractivity contribution is 6.07. The van der Waals surface area contributed by atoms with E-state index in [1.807, 2.05) is 23.1 Å². The van der Waals surface area contributed by atoms with Crippen molar-refractivity contribution in [3.05, 3.63) is 30.1 Å². The summed E-state index contributed by atoms with van der Waals surface area (Å²) in [6.45, 7) is 1.34. The molecule has 3 fully saturated rings. The van der Waals surface area contributed by atoms with Gasteiger partial charge < -0.3 is 9.84 Å². The Bertz CT molecular complexity index is 764. The number of esters is 1. The molecule has 4 heterocycles. The fraction of sp³-hybridized carbons (Fsp3) is 0.556. The Morgan fingerprint density at radius 1 is 1.37 bits per heavy atom. The van der Waals surface area contributed by atoms with Crippen LogP contribution in [0.3, 0.4) is 0 Å². The van der Waals surface area contributed by atoms with Gasteiger partial charge in [-0.1, -0.05) is 6.07 Å². The highest BCUT2D eigenvalue weighted by atomic mass is 16.5. The molecule has 3 aliphatic heterocycles. The van der Waals surface area contributed by atoms with Crippen LogP contribution in [-0.4, -0.2) is 93.5 Å². The SMILES string of the molecule is COC(=O)CN1C(=O)[C@@H]2C[C@@H](O)CN2C2(CN(Cc3ccccn3)C2)C1=O. The lowest BCUT2D eigenvalue weighted by Gasteiger charge is -2.58. The largest absolute Gasteiger partial charge is 0.468 e. The second-order valence-corrected chi connectivity index (χ2v) is 7.36. The van der Waals surface area contributed by atoms with Crippen LogP contribution in [0.25, 0.3) is 0 Å². The molecule has 144 valence electrons. The Labute approximate surface area is 156 Å². The van der Waals surface area contributed by atoms with Crippen molar-refractivity contribution in [2.24, 2.45) is 0 Å². The number of fused-ring (bicyclic) bond motifs is 2. The van der Waals surface area contributed by atoms with Crippen molar-refractivity contribution in [3.63, 3.8) is 0 Å². The summed E-state index contributed by atoms with van der Waals surface area (Å²) in [5, 5.41) is 10.1. The molecule has 1 N–H and O–H groups in total. The Hall–Kier alpha value is -2.36. The third-order valence-corrected chi connectivity index (χ3v) is 5.62. The summed E-state index contributed by atoms with van der Waals surface area (Å²) in [5.74, 6) is -1.46. The first-order valence-corrected chi connectivity index (χ1v) is 8.94. The lowest BCUT2D eigenvalue weighted by molar-refractivity contribution is -0.183. The number of ether oxygens (including phenoxy) is 1. The smallest absolute Gasteiger partial charge is 0.325 e. The molecule has 27 heavy (non-hydrogen) atoms. The van der Waals surface area contributed by atoms with Gasteiger partial charge in [-0.2, -0.15) is 0 Å². The minimum Gasteiger partial charge on any atom is -0.468 e. The van der Waals surface area contributed by atoms with E-state index < -0.39 is 36.1 Å². The van der Waals surface area contributed by atoms with Gasteiger partial charge in [0.25, 0.3) is 5.91 Å². The number of carbonyl (C=O) groups excluding carboxylic acids is 3. The van der Waals surface area contributed by atoms with Gasteiger partial charge in [-0.15, -0.1) is 0 Å². The van der Waals surface area contributed by atoms with Crippen LogP contribution < -0.4 is 0 Å². The van der Waals surface area contributed by atoms with Crippen LogP contribution in [0.1, 0.15) is 12.1 Å². The number of aliphatic hydroxyl groups is 1. The highest BCUT2D eigenvalue weighted by Gasteiger charge is 2.64. The Morgan fingerprint density at radius 2 is 2.15 bits per heavy atom. The van der Waals surface area contributed by atoms with Crippen LogP contribution in [0.2, 0.25) is 0 Å². The molecule has 1 spiro atoms. The molecule has 3 aliphatic rings. The third kappa shape index (κ3) is 2.91. The molecular weight excluding hydrogens is 352 g/mol. The molecule has 0 radical (unpaired) electrons. The molecule has 0 unspecified atom stereocenters. The predicted molar refractivity (Wildman–Crippen MR) is 92.1 cm³/mol. The van der Waals surface area contributed by atoms with Gasteiger partial charge in [0, 0.05) is 32.4 Å². The average molecular weight is 374 g/mol. The van der Waals surface area contributed by atoms with E-state index in [9.17, 15) is 19.5 Å². The van der Waals surface area contributed by atoms with E-state index in [-0.39, 0.29) is 18.9 Å². The summed E-state index contributed by atoms with van der Waals surface area (Å²) in [5.41, 5.74) is 0.00915. The Balaban J connectivity index is 1.56. The number of pyridine rings is 1. The number of hydrogen-bond acceptors (Lipinski definition) is 8. The normalized spacial score (nSPS) is 27.6. The van der Waals surface area contributed by atoms with Crippen molar-refractivity contribution in [2.75, 3.05) is 33.3 Å². The van der Waals surface area contributed by atoms with Gasteiger partial charge in [0.2, 0.25) is 5.91 Å². The second-order valence-electron chi connectivity index (χ2n) is 7.36. The van der Waals surface area contributed by atoms with Crippen molar-refractivity contribution < 1.29 is 24.2 Å². The molecule has 0 saturated carbocycles. The van der Waals surface area contributed by atoms with E-state index in [1.165, 1.54) is 7.11 Å². The zero-order valence-electron chi connectivity index (χ0n) is 15.1. The summed E-state index contributed by atoms with van der Waals surface area (Å²) in [6.07, 6.45) is 1.33. The van der Waals surface area contributed by atoms with E-state index in [0.717, 1.165) is 10.6 Å². The van der Waals surface area contributed by atoms with Crippen LogP contribution in [0.4, 0.5) is 0 Å². The van der Waals surface area contributed by atoms with E-state index in [4.69, 9.17) is 0 Å². The monoisotopic (exact) mass is 374 g/mol. The number of rotatable bonds is 4. The van der Waals surface area contributed by atoms with Gasteiger partial charge in [0.15, 0.2) is 0 Å². The Morgan fingerprint density at radius 3 is 2.81 bits per heavy atom.